The fourth-order valence-corrected chi connectivity index (χ4v) is 6.13. The standard InChI is InChI=1S/C23H52Si2/c1-2-3-4-5-6-7-8-9-10-11-12-13-14-16-19-22-25-23-20-17-15-18-21-24/h2-23,25H2,1,24H3. The number of hydrogen-bond donors (Lipinski definition) is 0. The van der Waals surface area contributed by atoms with Crippen molar-refractivity contribution in [3.8, 4) is 0 Å². The summed E-state index contributed by atoms with van der Waals surface area (Å²) in [6.07, 6.45) is 28.5. The van der Waals surface area contributed by atoms with Gasteiger partial charge < -0.3 is 0 Å². The molecule has 0 bridgehead atoms. The lowest BCUT2D eigenvalue weighted by atomic mass is 10.0. The number of hydrogen-bond acceptors (Lipinski definition) is 0. The van der Waals surface area contributed by atoms with Crippen molar-refractivity contribution in [2.45, 2.75) is 147 Å². The maximum absolute atomic E-state index is 2.30. The normalized spacial score (nSPS) is 11.9. The molecule has 0 aliphatic rings. The van der Waals surface area contributed by atoms with Gasteiger partial charge in [-0.1, -0.05) is 147 Å². The Balaban J connectivity index is 2.94. The van der Waals surface area contributed by atoms with Gasteiger partial charge in [-0.3, -0.25) is 0 Å². The van der Waals surface area contributed by atoms with Gasteiger partial charge in [-0.05, 0) is 0 Å². The summed E-state index contributed by atoms with van der Waals surface area (Å²) in [5.74, 6) is 0. The van der Waals surface area contributed by atoms with E-state index in [-0.39, 0.29) is 0 Å². The van der Waals surface area contributed by atoms with Gasteiger partial charge in [-0.2, -0.15) is 0 Å². The van der Waals surface area contributed by atoms with Crippen LogP contribution in [0.2, 0.25) is 18.1 Å². The van der Waals surface area contributed by atoms with Crippen LogP contribution < -0.4 is 0 Å². The largest absolute Gasteiger partial charge is 0.0658 e. The van der Waals surface area contributed by atoms with Crippen molar-refractivity contribution in [3.63, 3.8) is 0 Å². The van der Waals surface area contributed by atoms with Crippen molar-refractivity contribution in [3.05, 3.63) is 0 Å². The zero-order valence-corrected chi connectivity index (χ0v) is 21.7. The van der Waals surface area contributed by atoms with Crippen LogP contribution in [-0.2, 0) is 0 Å². The Kier molecular flexibility index (Phi) is 24.9. The highest BCUT2D eigenvalue weighted by Crippen LogP contribution is 2.14. The van der Waals surface area contributed by atoms with Crippen molar-refractivity contribution < 1.29 is 0 Å². The highest BCUT2D eigenvalue weighted by atomic mass is 28.2. The zero-order valence-electron chi connectivity index (χ0n) is 18.3. The predicted molar refractivity (Wildman–Crippen MR) is 126 cm³/mol. The van der Waals surface area contributed by atoms with Crippen LogP contribution in [0.3, 0.4) is 0 Å². The third-order valence-corrected chi connectivity index (χ3v) is 8.41. The summed E-state index contributed by atoms with van der Waals surface area (Å²) in [5.41, 5.74) is 0. The molecular formula is C23H52Si2. The summed E-state index contributed by atoms with van der Waals surface area (Å²) >= 11 is 0. The smallest absolute Gasteiger partial charge is 0.0197 e. The Bertz CT molecular complexity index is 196. The van der Waals surface area contributed by atoms with E-state index in [4.69, 9.17) is 0 Å². The van der Waals surface area contributed by atoms with Crippen LogP contribution in [0.5, 0.6) is 0 Å². The average molecular weight is 385 g/mol. The van der Waals surface area contributed by atoms with E-state index in [1.807, 2.05) is 0 Å². The van der Waals surface area contributed by atoms with Crippen LogP contribution in [0.25, 0.3) is 0 Å². The SMILES string of the molecule is CCCCCCCCCCCCCCCCC[SiH2]CCCCCC[SiH3]. The maximum Gasteiger partial charge on any atom is 0.0197 e. The summed E-state index contributed by atoms with van der Waals surface area (Å²) in [4.78, 5) is 0. The van der Waals surface area contributed by atoms with Crippen LogP contribution in [-0.4, -0.2) is 19.8 Å². The molecule has 0 aromatic heterocycles. The van der Waals surface area contributed by atoms with Gasteiger partial charge in [0, 0.05) is 19.8 Å². The summed E-state index contributed by atoms with van der Waals surface area (Å²) in [6, 6.07) is 4.80. The van der Waals surface area contributed by atoms with Gasteiger partial charge >= 0.3 is 0 Å². The van der Waals surface area contributed by atoms with E-state index < -0.39 is 0 Å². The van der Waals surface area contributed by atoms with Gasteiger partial charge in [-0.15, -0.1) is 0 Å². The van der Waals surface area contributed by atoms with Crippen molar-refractivity contribution in [1.29, 1.82) is 0 Å². The van der Waals surface area contributed by atoms with Crippen molar-refractivity contribution in [2.75, 3.05) is 0 Å². The molecule has 25 heavy (non-hydrogen) atoms. The molecule has 0 atom stereocenters. The molecule has 0 aromatic rings. The molecule has 152 valence electrons. The predicted octanol–water partition coefficient (Wildman–Crippen LogP) is 7.21. The van der Waals surface area contributed by atoms with Crippen molar-refractivity contribution in [2.24, 2.45) is 0 Å². The first kappa shape index (κ1) is 25.4. The van der Waals surface area contributed by atoms with Crippen LogP contribution in [0.15, 0.2) is 0 Å². The Morgan fingerprint density at radius 3 is 1.12 bits per heavy atom. The number of rotatable bonds is 22. The summed E-state index contributed by atoms with van der Waals surface area (Å²) in [7, 11) is 1.74. The first-order valence-electron chi connectivity index (χ1n) is 12.4. The molecule has 0 aliphatic carbocycles. The van der Waals surface area contributed by atoms with E-state index >= 15 is 0 Å². The second-order valence-corrected chi connectivity index (χ2v) is 11.5. The van der Waals surface area contributed by atoms with E-state index in [0.29, 0.717) is 9.52 Å². The van der Waals surface area contributed by atoms with Gasteiger partial charge in [0.2, 0.25) is 0 Å². The Morgan fingerprint density at radius 1 is 0.440 bits per heavy atom. The molecule has 0 unspecified atom stereocenters. The minimum absolute atomic E-state index is 0.322. The highest BCUT2D eigenvalue weighted by Gasteiger charge is 1.95. The second-order valence-electron chi connectivity index (χ2n) is 8.42. The molecule has 0 amide bonds. The van der Waals surface area contributed by atoms with Crippen molar-refractivity contribution >= 4 is 19.8 Å². The molecule has 0 saturated heterocycles. The Morgan fingerprint density at radius 2 is 0.760 bits per heavy atom. The molecule has 0 radical (unpaired) electrons. The maximum atomic E-state index is 2.30. The molecular weight excluding hydrogens is 332 g/mol. The first-order chi connectivity index (χ1) is 12.4. The van der Waals surface area contributed by atoms with E-state index in [9.17, 15) is 0 Å². The van der Waals surface area contributed by atoms with E-state index in [1.165, 1.54) is 125 Å². The monoisotopic (exact) mass is 384 g/mol. The van der Waals surface area contributed by atoms with E-state index in [1.54, 1.807) is 24.9 Å². The van der Waals surface area contributed by atoms with Crippen LogP contribution in [0.4, 0.5) is 0 Å². The molecule has 0 nitrogen and oxygen atoms in total. The van der Waals surface area contributed by atoms with Crippen LogP contribution in [0.1, 0.15) is 129 Å². The lowest BCUT2D eigenvalue weighted by molar-refractivity contribution is 0.534. The molecule has 0 heterocycles. The second kappa shape index (κ2) is 24.4. The lowest BCUT2D eigenvalue weighted by Gasteiger charge is -2.04. The van der Waals surface area contributed by atoms with Gasteiger partial charge in [0.05, 0.1) is 0 Å². The van der Waals surface area contributed by atoms with Gasteiger partial charge in [0.1, 0.15) is 0 Å². The van der Waals surface area contributed by atoms with Crippen molar-refractivity contribution in [1.82, 2.24) is 0 Å². The summed E-state index contributed by atoms with van der Waals surface area (Å²) < 4.78 is 0. The fourth-order valence-electron chi connectivity index (χ4n) is 3.86. The molecule has 0 N–H and O–H groups in total. The fraction of sp³-hybridized carbons (Fsp3) is 1.00. The Labute approximate surface area is 167 Å². The van der Waals surface area contributed by atoms with Gasteiger partial charge in [0.15, 0.2) is 0 Å². The zero-order chi connectivity index (χ0) is 18.3. The lowest BCUT2D eigenvalue weighted by Crippen LogP contribution is -1.90. The third kappa shape index (κ3) is 24.4. The molecule has 0 aromatic carbocycles. The number of unbranched alkanes of at least 4 members (excludes halogenated alkanes) is 17. The van der Waals surface area contributed by atoms with Crippen LogP contribution in [0, 0.1) is 0 Å². The van der Waals surface area contributed by atoms with E-state index in [2.05, 4.69) is 6.92 Å². The highest BCUT2D eigenvalue weighted by molar-refractivity contribution is 6.35. The first-order valence-corrected chi connectivity index (χ1v) is 15.8. The summed E-state index contributed by atoms with van der Waals surface area (Å²) in [5, 5.41) is 0. The molecule has 0 rings (SSSR count). The van der Waals surface area contributed by atoms with E-state index in [0.717, 1.165) is 0 Å². The molecule has 0 saturated carbocycles. The quantitative estimate of drug-likeness (QED) is 0.137. The van der Waals surface area contributed by atoms with Gasteiger partial charge in [-0.25, -0.2) is 0 Å². The topological polar surface area (TPSA) is 0 Å². The molecule has 0 fully saturated rings. The molecule has 0 spiro atoms. The Hall–Kier alpha value is 0.434. The third-order valence-electron chi connectivity index (χ3n) is 5.71. The molecule has 2 heteroatoms. The average Bonchev–Trinajstić information content (AvgIpc) is 2.63. The van der Waals surface area contributed by atoms with Gasteiger partial charge in [0.25, 0.3) is 0 Å². The van der Waals surface area contributed by atoms with Crippen LogP contribution >= 0.6 is 0 Å². The summed E-state index contributed by atoms with van der Waals surface area (Å²) in [6.45, 7) is 2.30. The minimum Gasteiger partial charge on any atom is -0.0658 e. The minimum atomic E-state index is 0.322. The molecule has 0 aliphatic heterocycles.